The summed E-state index contributed by atoms with van der Waals surface area (Å²) in [5.74, 6) is -0.342. The fraction of sp³-hybridized carbons (Fsp3) is 0.333. The van der Waals surface area contributed by atoms with Crippen LogP contribution in [0.25, 0.3) is 6.08 Å². The summed E-state index contributed by atoms with van der Waals surface area (Å²) in [6.45, 7) is 7.74. The lowest BCUT2D eigenvalue weighted by molar-refractivity contribution is -0.155. The molecule has 0 radical (unpaired) electrons. The Bertz CT molecular complexity index is 847. The van der Waals surface area contributed by atoms with Gasteiger partial charge in [-0.2, -0.15) is 0 Å². The number of hydrogen-bond acceptors (Lipinski definition) is 5. The van der Waals surface area contributed by atoms with E-state index in [-0.39, 0.29) is 18.6 Å². The third-order valence-electron chi connectivity index (χ3n) is 3.74. The Labute approximate surface area is 172 Å². The van der Waals surface area contributed by atoms with Crippen LogP contribution in [-0.2, 0) is 25.7 Å². The van der Waals surface area contributed by atoms with Gasteiger partial charge in [0.25, 0.3) is 0 Å². The second-order valence-corrected chi connectivity index (χ2v) is 7.50. The maximum absolute atomic E-state index is 12.3. The lowest BCUT2D eigenvalue weighted by atomic mass is 10.1. The molecule has 2 aromatic rings. The van der Waals surface area contributed by atoms with Gasteiger partial charge in [0.15, 0.2) is 0 Å². The van der Waals surface area contributed by atoms with Crippen LogP contribution in [0.2, 0.25) is 0 Å². The van der Waals surface area contributed by atoms with E-state index in [0.717, 1.165) is 11.1 Å². The smallest absolute Gasteiger partial charge is 0.334 e. The first-order valence-electron chi connectivity index (χ1n) is 9.63. The van der Waals surface area contributed by atoms with Gasteiger partial charge in [0.05, 0.1) is 13.0 Å². The topological polar surface area (TPSA) is 61.8 Å². The molecule has 0 heterocycles. The Balaban J connectivity index is 2.16. The fourth-order valence-electron chi connectivity index (χ4n) is 2.58. The molecule has 2 aromatic carbocycles. The number of carbonyl (C=O) groups excluding carboxylic acids is 2. The fourth-order valence-corrected chi connectivity index (χ4v) is 2.58. The molecule has 0 N–H and O–H groups in total. The zero-order valence-electron chi connectivity index (χ0n) is 17.4. The second kappa shape index (κ2) is 10.5. The highest BCUT2D eigenvalue weighted by atomic mass is 16.6. The van der Waals surface area contributed by atoms with Crippen LogP contribution in [0.5, 0.6) is 5.75 Å². The summed E-state index contributed by atoms with van der Waals surface area (Å²) in [5.41, 5.74) is 1.41. The maximum Gasteiger partial charge on any atom is 0.334 e. The predicted octanol–water partition coefficient (Wildman–Crippen LogP) is 4.94. The molecule has 0 aliphatic carbocycles. The van der Waals surface area contributed by atoms with Crippen molar-refractivity contribution in [2.24, 2.45) is 0 Å². The molecular weight excluding hydrogens is 368 g/mol. The molecule has 0 unspecified atom stereocenters. The summed E-state index contributed by atoms with van der Waals surface area (Å²) < 4.78 is 16.3. The number of rotatable bonds is 8. The summed E-state index contributed by atoms with van der Waals surface area (Å²) in [6, 6.07) is 17.2. The highest BCUT2D eigenvalue weighted by Gasteiger charge is 2.21. The minimum atomic E-state index is -0.623. The van der Waals surface area contributed by atoms with Gasteiger partial charge in [-0.25, -0.2) is 4.79 Å². The number of carbonyl (C=O) groups is 2. The summed E-state index contributed by atoms with van der Waals surface area (Å²) in [4.78, 5) is 24.5. The predicted molar refractivity (Wildman–Crippen MR) is 112 cm³/mol. The molecule has 0 bridgehead atoms. The van der Waals surface area contributed by atoms with Crippen LogP contribution >= 0.6 is 0 Å². The Hall–Kier alpha value is -3.08. The van der Waals surface area contributed by atoms with E-state index >= 15 is 0 Å². The van der Waals surface area contributed by atoms with Gasteiger partial charge >= 0.3 is 11.9 Å². The first-order valence-corrected chi connectivity index (χ1v) is 9.63. The number of ether oxygens (including phenoxy) is 3. The van der Waals surface area contributed by atoms with Crippen LogP contribution < -0.4 is 4.74 Å². The van der Waals surface area contributed by atoms with Gasteiger partial charge in [0, 0.05) is 5.57 Å². The van der Waals surface area contributed by atoms with Gasteiger partial charge in [-0.1, -0.05) is 42.5 Å². The molecule has 5 nitrogen and oxygen atoms in total. The standard InChI is InChI=1S/C24H28O5/c1-5-27-23(26)20(16-22(25)29-24(2,3)4)14-19-12-9-13-21(15-19)28-17-18-10-7-6-8-11-18/h6-15H,5,16-17H2,1-4H3. The summed E-state index contributed by atoms with van der Waals surface area (Å²) in [6.07, 6.45) is 1.47. The first-order chi connectivity index (χ1) is 13.8. The van der Waals surface area contributed by atoms with E-state index in [1.165, 1.54) is 0 Å². The van der Waals surface area contributed by atoms with Crippen molar-refractivity contribution in [2.45, 2.75) is 46.3 Å². The Morgan fingerprint density at radius 1 is 1.00 bits per heavy atom. The van der Waals surface area contributed by atoms with E-state index in [1.807, 2.05) is 54.6 Å². The van der Waals surface area contributed by atoms with Gasteiger partial charge in [-0.05, 0) is 57.0 Å². The van der Waals surface area contributed by atoms with E-state index in [9.17, 15) is 9.59 Å². The van der Waals surface area contributed by atoms with E-state index in [1.54, 1.807) is 33.8 Å². The number of benzene rings is 2. The normalized spacial score (nSPS) is 11.7. The average molecular weight is 396 g/mol. The highest BCUT2D eigenvalue weighted by Crippen LogP contribution is 2.20. The highest BCUT2D eigenvalue weighted by molar-refractivity contribution is 5.98. The van der Waals surface area contributed by atoms with Crippen LogP contribution in [0.3, 0.4) is 0 Å². The van der Waals surface area contributed by atoms with Gasteiger partial charge in [0.1, 0.15) is 18.0 Å². The van der Waals surface area contributed by atoms with E-state index < -0.39 is 17.5 Å². The van der Waals surface area contributed by atoms with E-state index in [0.29, 0.717) is 12.4 Å². The van der Waals surface area contributed by atoms with Crippen molar-refractivity contribution in [2.75, 3.05) is 6.61 Å². The molecule has 0 aromatic heterocycles. The van der Waals surface area contributed by atoms with Crippen LogP contribution in [0.1, 0.15) is 45.2 Å². The quantitative estimate of drug-likeness (QED) is 0.467. The van der Waals surface area contributed by atoms with Gasteiger partial charge in [0.2, 0.25) is 0 Å². The number of esters is 2. The molecule has 154 valence electrons. The molecular formula is C24H28O5. The van der Waals surface area contributed by atoms with Crippen molar-refractivity contribution in [3.05, 3.63) is 71.3 Å². The van der Waals surface area contributed by atoms with Crippen LogP contribution in [0, 0.1) is 0 Å². The molecule has 0 atom stereocenters. The molecule has 0 fully saturated rings. The summed E-state index contributed by atoms with van der Waals surface area (Å²) >= 11 is 0. The van der Waals surface area contributed by atoms with Crippen LogP contribution in [0.15, 0.2) is 60.2 Å². The first kappa shape index (κ1) is 22.2. The Morgan fingerprint density at radius 2 is 1.72 bits per heavy atom. The van der Waals surface area contributed by atoms with Crippen molar-refractivity contribution in [1.82, 2.24) is 0 Å². The Morgan fingerprint density at radius 3 is 2.38 bits per heavy atom. The largest absolute Gasteiger partial charge is 0.489 e. The van der Waals surface area contributed by atoms with Gasteiger partial charge < -0.3 is 14.2 Å². The maximum atomic E-state index is 12.3. The van der Waals surface area contributed by atoms with Crippen molar-refractivity contribution in [1.29, 1.82) is 0 Å². The molecule has 0 aliphatic rings. The van der Waals surface area contributed by atoms with Gasteiger partial charge in [-0.15, -0.1) is 0 Å². The minimum Gasteiger partial charge on any atom is -0.489 e. The second-order valence-electron chi connectivity index (χ2n) is 7.50. The zero-order chi connectivity index (χ0) is 21.3. The average Bonchev–Trinajstić information content (AvgIpc) is 2.66. The summed E-state index contributed by atoms with van der Waals surface area (Å²) in [5, 5.41) is 0. The van der Waals surface area contributed by atoms with Crippen molar-refractivity contribution in [3.63, 3.8) is 0 Å². The van der Waals surface area contributed by atoms with Crippen molar-refractivity contribution < 1.29 is 23.8 Å². The molecule has 2 rings (SSSR count). The molecule has 0 saturated heterocycles. The van der Waals surface area contributed by atoms with Gasteiger partial charge in [-0.3, -0.25) is 4.79 Å². The zero-order valence-corrected chi connectivity index (χ0v) is 17.4. The lowest BCUT2D eigenvalue weighted by Crippen LogP contribution is -2.25. The SMILES string of the molecule is CCOC(=O)C(=Cc1cccc(OCc2ccccc2)c1)CC(=O)OC(C)(C)C. The molecule has 0 spiro atoms. The third-order valence-corrected chi connectivity index (χ3v) is 3.74. The third kappa shape index (κ3) is 8.21. The van der Waals surface area contributed by atoms with Crippen molar-refractivity contribution >= 4 is 18.0 Å². The van der Waals surface area contributed by atoms with E-state index in [2.05, 4.69) is 0 Å². The molecule has 0 saturated carbocycles. The van der Waals surface area contributed by atoms with Crippen LogP contribution in [0.4, 0.5) is 0 Å². The molecule has 0 amide bonds. The Kier molecular flexibility index (Phi) is 8.01. The molecule has 29 heavy (non-hydrogen) atoms. The lowest BCUT2D eigenvalue weighted by Gasteiger charge is -2.19. The minimum absolute atomic E-state index is 0.162. The number of hydrogen-bond donors (Lipinski definition) is 0. The van der Waals surface area contributed by atoms with Crippen molar-refractivity contribution in [3.8, 4) is 5.75 Å². The summed E-state index contributed by atoms with van der Waals surface area (Å²) in [7, 11) is 0. The van der Waals surface area contributed by atoms with Crippen LogP contribution in [-0.4, -0.2) is 24.1 Å². The monoisotopic (exact) mass is 396 g/mol. The molecule has 0 aliphatic heterocycles. The molecule has 5 heteroatoms. The van der Waals surface area contributed by atoms with E-state index in [4.69, 9.17) is 14.2 Å².